The molecule has 0 spiro atoms. The highest BCUT2D eigenvalue weighted by Crippen LogP contribution is 2.47. The molecule has 1 aliphatic carbocycles. The van der Waals surface area contributed by atoms with Gasteiger partial charge in [0.1, 0.15) is 43.2 Å². The molecule has 15 nitrogen and oxygen atoms in total. The van der Waals surface area contributed by atoms with Crippen LogP contribution in [0.15, 0.2) is 72.9 Å². The number of carbonyl (C=O) groups excluding carboxylic acids is 2. The minimum atomic E-state index is -5.18. The molecule has 1 fully saturated rings. The molecule has 0 aromatic carbocycles. The smallest absolute Gasteiger partial charge is 0.462 e. The summed E-state index contributed by atoms with van der Waals surface area (Å²) in [6.45, 7) is 2.95. The number of ether oxygens (including phenoxy) is 2. The maximum absolute atomic E-state index is 12.8. The lowest BCUT2D eigenvalue weighted by atomic mass is 9.85. The summed E-state index contributed by atoms with van der Waals surface area (Å²) >= 11 is 0. The second kappa shape index (κ2) is 36.4. The number of phosphoric acid groups is 1. The first-order chi connectivity index (χ1) is 30.2. The van der Waals surface area contributed by atoms with Crippen LogP contribution >= 0.6 is 7.82 Å². The number of rotatable bonds is 36. The third-order valence-corrected chi connectivity index (χ3v) is 11.2. The Kier molecular flexibility index (Phi) is 33.7. The molecule has 63 heavy (non-hydrogen) atoms. The van der Waals surface area contributed by atoms with Crippen molar-refractivity contribution in [2.45, 2.75) is 197 Å². The molecule has 10 atom stereocenters. The molecule has 0 bridgehead atoms. The van der Waals surface area contributed by atoms with Gasteiger partial charge in [0.25, 0.3) is 0 Å². The Labute approximate surface area is 375 Å². The van der Waals surface area contributed by atoms with Gasteiger partial charge in [-0.05, 0) is 64.2 Å². The van der Waals surface area contributed by atoms with Gasteiger partial charge >= 0.3 is 19.8 Å². The van der Waals surface area contributed by atoms with Gasteiger partial charge < -0.3 is 50.1 Å². The van der Waals surface area contributed by atoms with Crippen molar-refractivity contribution in [2.24, 2.45) is 0 Å². The zero-order chi connectivity index (χ0) is 46.7. The normalized spacial score (nSPS) is 23.4. The second-order valence-corrected chi connectivity index (χ2v) is 17.4. The van der Waals surface area contributed by atoms with E-state index in [1.165, 1.54) is 19.3 Å². The predicted molar refractivity (Wildman–Crippen MR) is 242 cm³/mol. The number of hydrogen-bond donors (Lipinski definition) is 8. The predicted octanol–water partition coefficient (Wildman–Crippen LogP) is 6.66. The van der Waals surface area contributed by atoms with Crippen LogP contribution in [0, 0.1) is 0 Å². The van der Waals surface area contributed by atoms with E-state index < -0.39 is 87.9 Å². The van der Waals surface area contributed by atoms with E-state index in [2.05, 4.69) is 38.2 Å². The van der Waals surface area contributed by atoms with Crippen LogP contribution in [0.2, 0.25) is 0 Å². The van der Waals surface area contributed by atoms with E-state index in [0.29, 0.717) is 12.8 Å². The van der Waals surface area contributed by atoms with Gasteiger partial charge in [-0.15, -0.1) is 0 Å². The molecular weight excluding hydrogens is 835 g/mol. The van der Waals surface area contributed by atoms with E-state index in [-0.39, 0.29) is 25.7 Å². The second-order valence-electron chi connectivity index (χ2n) is 15.9. The maximum atomic E-state index is 12.8. The van der Waals surface area contributed by atoms with Crippen LogP contribution in [0.3, 0.4) is 0 Å². The largest absolute Gasteiger partial charge is 0.472 e. The van der Waals surface area contributed by atoms with E-state index in [1.54, 1.807) is 24.3 Å². The molecule has 1 saturated carbocycles. The average Bonchev–Trinajstić information content (AvgIpc) is 3.25. The Balaban J connectivity index is 2.59. The highest BCUT2D eigenvalue weighted by Gasteiger charge is 2.51. The number of esters is 2. The molecule has 16 heteroatoms. The van der Waals surface area contributed by atoms with Crippen LogP contribution in [0.1, 0.15) is 142 Å². The van der Waals surface area contributed by atoms with Gasteiger partial charge in [-0.2, -0.15) is 0 Å². The van der Waals surface area contributed by atoms with Crippen LogP contribution in [-0.4, -0.2) is 121 Å². The lowest BCUT2D eigenvalue weighted by Crippen LogP contribution is -2.64. The van der Waals surface area contributed by atoms with Gasteiger partial charge in [-0.3, -0.25) is 18.6 Å². The number of allylic oxidation sites excluding steroid dienone is 10. The van der Waals surface area contributed by atoms with Gasteiger partial charge in [0.05, 0.1) is 18.8 Å². The first-order valence-electron chi connectivity index (χ1n) is 23.0. The number of hydrogen-bond acceptors (Lipinski definition) is 14. The Bertz CT molecular complexity index is 1410. The summed E-state index contributed by atoms with van der Waals surface area (Å²) in [4.78, 5) is 35.7. The van der Waals surface area contributed by atoms with Crippen molar-refractivity contribution in [3.63, 3.8) is 0 Å². The minimum Gasteiger partial charge on any atom is -0.462 e. The molecule has 1 rings (SSSR count). The molecule has 1 aliphatic rings. The lowest BCUT2D eigenvalue weighted by molar-refractivity contribution is -0.220. The fraction of sp³-hybridized carbons (Fsp3) is 0.702. The fourth-order valence-corrected chi connectivity index (χ4v) is 7.38. The summed E-state index contributed by atoms with van der Waals surface area (Å²) in [5.74, 6) is -1.35. The van der Waals surface area contributed by atoms with E-state index in [4.69, 9.17) is 18.5 Å². The fourth-order valence-electron chi connectivity index (χ4n) is 6.41. The quantitative estimate of drug-likeness (QED) is 0.0108. The van der Waals surface area contributed by atoms with Crippen LogP contribution in [0.5, 0.6) is 0 Å². The summed E-state index contributed by atoms with van der Waals surface area (Å²) in [5.41, 5.74) is 0. The molecule has 0 amide bonds. The number of aliphatic hydroxyl groups is 7. The molecule has 0 saturated heterocycles. The standard InChI is InChI=1S/C47H79O15P/c1-3-5-7-8-9-10-11-12-13-14-15-16-20-23-27-33-41(51)61-39(36-60-63(57,58)62-47-45(55)43(53)42(52)44(54)46(47)56)35-59-40(50)34-28-32-38(49)31-26-22-19-17-18-21-25-30-37(48)29-24-6-4-2/h9-10,12-13,18-19,21-22,25-26,30-31,37-39,42-49,52-56H,3-8,11,14-17,20,23-24,27-29,32-36H2,1-2H3,(H,57,58)/b10-9-,13-12-,21-18-,22-19-,30-25+,31-26+/t37-,38-,39+,42?,43-,44+,45+,46+,47?/m0/s1. The van der Waals surface area contributed by atoms with Gasteiger partial charge in [-0.1, -0.05) is 138 Å². The summed E-state index contributed by atoms with van der Waals surface area (Å²) in [5, 5.41) is 70.3. The molecule has 362 valence electrons. The van der Waals surface area contributed by atoms with Crippen LogP contribution < -0.4 is 0 Å². The van der Waals surface area contributed by atoms with Crippen molar-refractivity contribution in [2.75, 3.05) is 13.2 Å². The Morgan fingerprint density at radius 1 is 0.571 bits per heavy atom. The van der Waals surface area contributed by atoms with Crippen molar-refractivity contribution < 1.29 is 73.3 Å². The first kappa shape index (κ1) is 58.2. The zero-order valence-corrected chi connectivity index (χ0v) is 38.5. The van der Waals surface area contributed by atoms with Crippen molar-refractivity contribution in [3.8, 4) is 0 Å². The summed E-state index contributed by atoms with van der Waals surface area (Å²) < 4.78 is 33.3. The van der Waals surface area contributed by atoms with Gasteiger partial charge in [0.15, 0.2) is 6.10 Å². The highest BCUT2D eigenvalue weighted by atomic mass is 31.2. The molecule has 3 unspecified atom stereocenters. The molecule has 0 aromatic heterocycles. The molecule has 0 radical (unpaired) electrons. The Morgan fingerprint density at radius 2 is 1.06 bits per heavy atom. The van der Waals surface area contributed by atoms with Crippen LogP contribution in [0.25, 0.3) is 0 Å². The van der Waals surface area contributed by atoms with Gasteiger partial charge in [-0.25, -0.2) is 4.57 Å². The summed E-state index contributed by atoms with van der Waals surface area (Å²) in [6.07, 6.45) is 24.4. The summed E-state index contributed by atoms with van der Waals surface area (Å²) in [6, 6.07) is 0. The van der Waals surface area contributed by atoms with Crippen molar-refractivity contribution in [1.82, 2.24) is 0 Å². The number of carbonyl (C=O) groups is 2. The van der Waals surface area contributed by atoms with E-state index in [0.717, 1.165) is 70.6 Å². The third kappa shape index (κ3) is 29.4. The van der Waals surface area contributed by atoms with Crippen molar-refractivity contribution in [1.29, 1.82) is 0 Å². The topological polar surface area (TPSA) is 250 Å². The average molecular weight is 915 g/mol. The van der Waals surface area contributed by atoms with Crippen molar-refractivity contribution in [3.05, 3.63) is 72.9 Å². The molecular formula is C47H79O15P. The van der Waals surface area contributed by atoms with Gasteiger partial charge in [0, 0.05) is 12.8 Å². The van der Waals surface area contributed by atoms with E-state index >= 15 is 0 Å². The van der Waals surface area contributed by atoms with E-state index in [1.807, 2.05) is 24.3 Å². The highest BCUT2D eigenvalue weighted by molar-refractivity contribution is 7.47. The van der Waals surface area contributed by atoms with Crippen molar-refractivity contribution >= 4 is 19.8 Å². The minimum absolute atomic E-state index is 0.0275. The molecule has 0 heterocycles. The van der Waals surface area contributed by atoms with Gasteiger partial charge in [0.2, 0.25) is 0 Å². The number of phosphoric ester groups is 1. The number of aliphatic hydroxyl groups excluding tert-OH is 7. The summed E-state index contributed by atoms with van der Waals surface area (Å²) in [7, 11) is -5.18. The molecule has 8 N–H and O–H groups in total. The zero-order valence-electron chi connectivity index (χ0n) is 37.6. The molecule has 0 aliphatic heterocycles. The van der Waals surface area contributed by atoms with E-state index in [9.17, 15) is 54.8 Å². The third-order valence-electron chi connectivity index (χ3n) is 10.2. The van der Waals surface area contributed by atoms with Crippen LogP contribution in [0.4, 0.5) is 0 Å². The lowest BCUT2D eigenvalue weighted by Gasteiger charge is -2.41. The molecule has 0 aromatic rings. The van der Waals surface area contributed by atoms with Crippen LogP contribution in [-0.2, 0) is 32.7 Å². The number of unbranched alkanes of at least 4 members (excludes halogenated alkanes) is 10. The Morgan fingerprint density at radius 3 is 1.67 bits per heavy atom. The Hall–Kier alpha value is -2.79. The monoisotopic (exact) mass is 915 g/mol. The first-order valence-corrected chi connectivity index (χ1v) is 24.5. The maximum Gasteiger partial charge on any atom is 0.472 e. The SMILES string of the molecule is CCCCC/C=C\C/C=C\CCCCCCCC(=O)O[C@H](COC(=O)CCC[C@@H](O)/C=C/C=C\C/C=C\C=C\[C@@H](O)CCCCC)COP(=O)(O)OC1[C@H](O)[C@H](O)C(O)[C@H](O)[C@H]1O.